The molecule has 0 aliphatic rings. The maximum Gasteiger partial charge on any atom is 0.220 e. The largest absolute Gasteiger partial charge is 0.374 e. The number of carbonyl (C=O) groups excluding carboxylic acids is 1. The zero-order valence-electron chi connectivity index (χ0n) is 15.4. The minimum atomic E-state index is 0.0718. The van der Waals surface area contributed by atoms with Gasteiger partial charge in [-0.15, -0.1) is 0 Å². The highest BCUT2D eigenvalue weighted by Crippen LogP contribution is 2.18. The smallest absolute Gasteiger partial charge is 0.220 e. The van der Waals surface area contributed by atoms with Crippen molar-refractivity contribution in [1.82, 2.24) is 10.3 Å². The van der Waals surface area contributed by atoms with Gasteiger partial charge < -0.3 is 15.0 Å². The first-order valence-corrected chi connectivity index (χ1v) is 9.13. The molecule has 0 saturated carbocycles. The van der Waals surface area contributed by atoms with E-state index in [-0.39, 0.29) is 12.0 Å². The lowest BCUT2D eigenvalue weighted by Gasteiger charge is -2.09. The molecule has 3 rings (SSSR count). The van der Waals surface area contributed by atoms with Crippen molar-refractivity contribution in [2.45, 2.75) is 45.9 Å². The van der Waals surface area contributed by atoms with Crippen LogP contribution in [0.3, 0.4) is 0 Å². The highest BCUT2D eigenvalue weighted by molar-refractivity contribution is 5.84. The van der Waals surface area contributed by atoms with Gasteiger partial charge in [0.1, 0.15) is 0 Å². The molecule has 2 N–H and O–H groups in total. The van der Waals surface area contributed by atoms with Crippen LogP contribution in [0.1, 0.15) is 37.0 Å². The summed E-state index contributed by atoms with van der Waals surface area (Å²) in [5, 5.41) is 4.19. The van der Waals surface area contributed by atoms with Gasteiger partial charge in [-0.3, -0.25) is 4.79 Å². The fraction of sp³-hybridized carbons (Fsp3) is 0.318. The summed E-state index contributed by atoms with van der Waals surface area (Å²) < 4.78 is 5.59. The number of H-pyrrole nitrogens is 1. The minimum Gasteiger partial charge on any atom is -0.374 e. The summed E-state index contributed by atoms with van der Waals surface area (Å²) in [5.74, 6) is 0.0718. The molecule has 1 aromatic heterocycles. The van der Waals surface area contributed by atoms with Gasteiger partial charge in [0.05, 0.1) is 12.7 Å². The van der Waals surface area contributed by atoms with Gasteiger partial charge in [-0.25, -0.2) is 0 Å². The van der Waals surface area contributed by atoms with Crippen molar-refractivity contribution in [1.29, 1.82) is 0 Å². The Balaban J connectivity index is 1.45. The molecule has 0 aliphatic carbocycles. The van der Waals surface area contributed by atoms with Crippen molar-refractivity contribution in [2.75, 3.05) is 0 Å². The third-order valence-electron chi connectivity index (χ3n) is 4.39. The number of nitrogens with one attached hydrogen (secondary N) is 2. The van der Waals surface area contributed by atoms with Crippen LogP contribution in [0.25, 0.3) is 10.9 Å². The zero-order chi connectivity index (χ0) is 18.4. The van der Waals surface area contributed by atoms with Crippen molar-refractivity contribution < 1.29 is 9.53 Å². The van der Waals surface area contributed by atoms with Gasteiger partial charge >= 0.3 is 0 Å². The molecular formula is C22H26N2O2. The molecule has 26 heavy (non-hydrogen) atoms. The number of amides is 1. The molecule has 0 saturated heterocycles. The van der Waals surface area contributed by atoms with Gasteiger partial charge in [0, 0.05) is 30.1 Å². The van der Waals surface area contributed by atoms with Crippen LogP contribution in [0.2, 0.25) is 0 Å². The summed E-state index contributed by atoms with van der Waals surface area (Å²) in [6, 6.07) is 16.4. The van der Waals surface area contributed by atoms with E-state index in [1.54, 1.807) is 0 Å². The Kier molecular flexibility index (Phi) is 6.08. The topological polar surface area (TPSA) is 54.1 Å². The number of fused-ring (bicyclic) bond motifs is 1. The monoisotopic (exact) mass is 350 g/mol. The van der Waals surface area contributed by atoms with E-state index < -0.39 is 0 Å². The van der Waals surface area contributed by atoms with Gasteiger partial charge in [-0.2, -0.15) is 0 Å². The van der Waals surface area contributed by atoms with E-state index in [2.05, 4.69) is 34.6 Å². The van der Waals surface area contributed by atoms with E-state index >= 15 is 0 Å². The zero-order valence-corrected chi connectivity index (χ0v) is 15.4. The van der Waals surface area contributed by atoms with E-state index in [1.807, 2.05) is 44.3 Å². The first kappa shape index (κ1) is 18.2. The summed E-state index contributed by atoms with van der Waals surface area (Å²) in [7, 11) is 0. The second-order valence-corrected chi connectivity index (χ2v) is 6.81. The van der Waals surface area contributed by atoms with E-state index in [0.29, 0.717) is 19.6 Å². The van der Waals surface area contributed by atoms with E-state index in [0.717, 1.165) is 23.1 Å². The summed E-state index contributed by atoms with van der Waals surface area (Å²) >= 11 is 0. The summed E-state index contributed by atoms with van der Waals surface area (Å²) in [6.07, 6.45) is 3.45. The Hall–Kier alpha value is -2.59. The first-order valence-electron chi connectivity index (χ1n) is 9.13. The van der Waals surface area contributed by atoms with Crippen molar-refractivity contribution in [3.8, 4) is 0 Å². The predicted octanol–water partition coefficient (Wildman–Crippen LogP) is 4.34. The fourth-order valence-corrected chi connectivity index (χ4v) is 2.89. The van der Waals surface area contributed by atoms with Crippen LogP contribution < -0.4 is 5.32 Å². The lowest BCUT2D eigenvalue weighted by molar-refractivity contribution is -0.121. The molecule has 0 aliphatic heterocycles. The number of hydrogen-bond acceptors (Lipinski definition) is 2. The van der Waals surface area contributed by atoms with Crippen LogP contribution in [0.15, 0.2) is 54.7 Å². The standard InChI is InChI=1S/C22H26N2O2/c1-16(2)26-15-18-9-7-17(8-10-18)13-24-22(25)12-11-19-14-23-21-6-4-3-5-20(19)21/h3-10,14,16,23H,11-13,15H2,1-2H3,(H,24,25). The number of aromatic amines is 1. The predicted molar refractivity (Wildman–Crippen MR) is 105 cm³/mol. The normalized spacial score (nSPS) is 11.2. The third-order valence-corrected chi connectivity index (χ3v) is 4.39. The molecule has 1 amide bonds. The lowest BCUT2D eigenvalue weighted by atomic mass is 10.1. The van der Waals surface area contributed by atoms with Gasteiger partial charge in [0.2, 0.25) is 5.91 Å². The summed E-state index contributed by atoms with van der Waals surface area (Å²) in [4.78, 5) is 15.4. The Morgan fingerprint density at radius 3 is 2.58 bits per heavy atom. The third kappa shape index (κ3) is 4.96. The number of hydrogen-bond donors (Lipinski definition) is 2. The Labute approximate surface area is 154 Å². The van der Waals surface area contributed by atoms with Crippen LogP contribution in [0.4, 0.5) is 0 Å². The Bertz CT molecular complexity index is 850. The highest BCUT2D eigenvalue weighted by Gasteiger charge is 2.07. The average molecular weight is 350 g/mol. The number of benzene rings is 2. The van der Waals surface area contributed by atoms with Crippen LogP contribution >= 0.6 is 0 Å². The molecule has 136 valence electrons. The minimum absolute atomic E-state index is 0.0718. The summed E-state index contributed by atoms with van der Waals surface area (Å²) in [6.45, 7) is 5.23. The number of aromatic nitrogens is 1. The maximum absolute atomic E-state index is 12.2. The molecule has 4 nitrogen and oxygen atoms in total. The Morgan fingerprint density at radius 2 is 1.81 bits per heavy atom. The SMILES string of the molecule is CC(C)OCc1ccc(CNC(=O)CCc2c[nH]c3ccccc23)cc1. The molecule has 0 radical (unpaired) electrons. The molecule has 2 aromatic carbocycles. The van der Waals surface area contributed by atoms with Gasteiger partial charge in [-0.05, 0) is 43.0 Å². The molecule has 4 heteroatoms. The molecule has 3 aromatic rings. The van der Waals surface area contributed by atoms with Gasteiger partial charge in [0.15, 0.2) is 0 Å². The number of carbonyl (C=O) groups is 1. The quantitative estimate of drug-likeness (QED) is 0.635. The molecule has 1 heterocycles. The molecule has 0 fully saturated rings. The summed E-state index contributed by atoms with van der Waals surface area (Å²) in [5.41, 5.74) is 4.54. The van der Waals surface area contributed by atoms with Crippen molar-refractivity contribution in [2.24, 2.45) is 0 Å². The maximum atomic E-state index is 12.2. The molecular weight excluding hydrogens is 324 g/mol. The lowest BCUT2D eigenvalue weighted by Crippen LogP contribution is -2.22. The molecule has 0 spiro atoms. The van der Waals surface area contributed by atoms with Crippen molar-refractivity contribution >= 4 is 16.8 Å². The van der Waals surface area contributed by atoms with Crippen molar-refractivity contribution in [3.05, 3.63) is 71.4 Å². The van der Waals surface area contributed by atoms with Gasteiger partial charge in [-0.1, -0.05) is 42.5 Å². The second-order valence-electron chi connectivity index (χ2n) is 6.81. The van der Waals surface area contributed by atoms with Crippen LogP contribution in [-0.2, 0) is 29.1 Å². The fourth-order valence-electron chi connectivity index (χ4n) is 2.89. The number of ether oxygens (including phenoxy) is 1. The molecule has 0 bridgehead atoms. The van der Waals surface area contributed by atoms with Crippen LogP contribution in [0.5, 0.6) is 0 Å². The molecule has 0 unspecified atom stereocenters. The number of rotatable bonds is 8. The average Bonchev–Trinajstić information content (AvgIpc) is 3.07. The second kappa shape index (κ2) is 8.68. The highest BCUT2D eigenvalue weighted by atomic mass is 16.5. The number of para-hydroxylation sites is 1. The van der Waals surface area contributed by atoms with E-state index in [4.69, 9.17) is 4.74 Å². The number of aryl methyl sites for hydroxylation is 1. The van der Waals surface area contributed by atoms with E-state index in [9.17, 15) is 4.79 Å². The van der Waals surface area contributed by atoms with Crippen LogP contribution in [0, 0.1) is 0 Å². The first-order chi connectivity index (χ1) is 12.6. The van der Waals surface area contributed by atoms with Gasteiger partial charge in [0.25, 0.3) is 0 Å². The van der Waals surface area contributed by atoms with Crippen LogP contribution in [-0.4, -0.2) is 17.0 Å². The van der Waals surface area contributed by atoms with Crippen molar-refractivity contribution in [3.63, 3.8) is 0 Å². The Morgan fingerprint density at radius 1 is 1.08 bits per heavy atom. The van der Waals surface area contributed by atoms with E-state index in [1.165, 1.54) is 10.9 Å². The molecule has 0 atom stereocenters.